The molecule has 82 valence electrons. The maximum Gasteiger partial charge on any atom is 0.243 e. The van der Waals surface area contributed by atoms with Gasteiger partial charge in [0.25, 0.3) is 0 Å². The molecule has 5 N–H and O–H groups in total. The third-order valence-electron chi connectivity index (χ3n) is 1.48. The number of amides is 1. The van der Waals surface area contributed by atoms with Gasteiger partial charge in [0.2, 0.25) is 5.91 Å². The molecule has 1 rings (SSSR count). The van der Waals surface area contributed by atoms with Crippen molar-refractivity contribution in [3.63, 3.8) is 0 Å². The molecule has 0 atom stereocenters. The van der Waals surface area contributed by atoms with Crippen molar-refractivity contribution in [2.24, 2.45) is 5.73 Å². The fourth-order valence-corrected chi connectivity index (χ4v) is 0.861. The van der Waals surface area contributed by atoms with Crippen molar-refractivity contribution in [2.75, 3.05) is 30.8 Å². The van der Waals surface area contributed by atoms with E-state index in [0.717, 1.165) is 0 Å². The first-order chi connectivity index (χ1) is 7.18. The van der Waals surface area contributed by atoms with Gasteiger partial charge in [0.05, 0.1) is 6.61 Å². The van der Waals surface area contributed by atoms with Crippen LogP contribution in [-0.4, -0.2) is 35.9 Å². The van der Waals surface area contributed by atoms with E-state index in [4.69, 9.17) is 16.2 Å². The third kappa shape index (κ3) is 4.77. The molecule has 0 aliphatic rings. The number of nitrogens with two attached hydrogens (primary N) is 2. The highest BCUT2D eigenvalue weighted by atomic mass is 16.5. The predicted molar refractivity (Wildman–Crippen MR) is 54.9 cm³/mol. The minimum atomic E-state index is -0.484. The largest absolute Gasteiger partial charge is 0.382 e. The number of nitrogens with zero attached hydrogens (tertiary/aromatic N) is 2. The highest BCUT2D eigenvalue weighted by Crippen LogP contribution is 2.01. The van der Waals surface area contributed by atoms with Gasteiger partial charge in [0.15, 0.2) is 0 Å². The monoisotopic (exact) mass is 211 g/mol. The van der Waals surface area contributed by atoms with Crippen LogP contribution in [0.4, 0.5) is 11.6 Å². The number of ether oxygens (including phenoxy) is 1. The Morgan fingerprint density at radius 3 is 2.87 bits per heavy atom. The summed E-state index contributed by atoms with van der Waals surface area (Å²) in [5, 5.41) is 10.4. The van der Waals surface area contributed by atoms with Crippen molar-refractivity contribution in [3.8, 4) is 0 Å². The first-order valence-corrected chi connectivity index (χ1v) is 4.37. The highest BCUT2D eigenvalue weighted by Gasteiger charge is 1.95. The van der Waals surface area contributed by atoms with E-state index in [1.54, 1.807) is 12.1 Å². The van der Waals surface area contributed by atoms with Gasteiger partial charge in [-0.2, -0.15) is 0 Å². The molecule has 1 heterocycles. The van der Waals surface area contributed by atoms with E-state index >= 15 is 0 Å². The lowest BCUT2D eigenvalue weighted by Crippen LogP contribution is -2.20. The van der Waals surface area contributed by atoms with Crippen molar-refractivity contribution in [1.29, 1.82) is 0 Å². The van der Waals surface area contributed by atoms with Crippen molar-refractivity contribution in [1.82, 2.24) is 10.2 Å². The number of nitrogen functional groups attached to an aromatic ring is 1. The van der Waals surface area contributed by atoms with E-state index in [1.165, 1.54) is 0 Å². The summed E-state index contributed by atoms with van der Waals surface area (Å²) in [7, 11) is 0. The van der Waals surface area contributed by atoms with Gasteiger partial charge in [0, 0.05) is 6.54 Å². The number of anilines is 2. The Morgan fingerprint density at radius 1 is 1.47 bits per heavy atom. The molecule has 0 aliphatic carbocycles. The van der Waals surface area contributed by atoms with Gasteiger partial charge in [-0.05, 0) is 12.1 Å². The zero-order valence-electron chi connectivity index (χ0n) is 8.14. The van der Waals surface area contributed by atoms with E-state index in [2.05, 4.69) is 15.5 Å². The topological polar surface area (TPSA) is 116 Å². The number of carbonyl (C=O) groups is 1. The smallest absolute Gasteiger partial charge is 0.243 e. The van der Waals surface area contributed by atoms with Crippen LogP contribution in [0.1, 0.15) is 0 Å². The van der Waals surface area contributed by atoms with Gasteiger partial charge < -0.3 is 21.5 Å². The lowest BCUT2D eigenvalue weighted by molar-refractivity contribution is -0.122. The molecule has 0 saturated heterocycles. The number of nitrogens with one attached hydrogen (secondary N) is 1. The van der Waals surface area contributed by atoms with Crippen LogP contribution >= 0.6 is 0 Å². The number of rotatable bonds is 6. The number of carbonyl (C=O) groups excluding carboxylic acids is 1. The molecule has 0 aliphatic heterocycles. The summed E-state index contributed by atoms with van der Waals surface area (Å²) in [4.78, 5) is 10.3. The van der Waals surface area contributed by atoms with Gasteiger partial charge in [-0.1, -0.05) is 0 Å². The number of hydrogen-bond donors (Lipinski definition) is 3. The van der Waals surface area contributed by atoms with Crippen LogP contribution < -0.4 is 16.8 Å². The Labute approximate surface area is 86.8 Å². The fraction of sp³-hybridized carbons (Fsp3) is 0.375. The molecule has 0 saturated carbocycles. The van der Waals surface area contributed by atoms with Crippen LogP contribution in [0, 0.1) is 0 Å². The van der Waals surface area contributed by atoms with E-state index in [1.807, 2.05) is 0 Å². The van der Waals surface area contributed by atoms with Gasteiger partial charge in [-0.3, -0.25) is 4.79 Å². The first kappa shape index (κ1) is 11.2. The normalized spacial score (nSPS) is 9.87. The average molecular weight is 211 g/mol. The highest BCUT2D eigenvalue weighted by molar-refractivity contribution is 5.74. The van der Waals surface area contributed by atoms with E-state index < -0.39 is 5.91 Å². The maximum atomic E-state index is 10.3. The molecule has 1 aromatic rings. The summed E-state index contributed by atoms with van der Waals surface area (Å²) in [6, 6.07) is 3.34. The second kappa shape index (κ2) is 5.76. The Morgan fingerprint density at radius 2 is 2.27 bits per heavy atom. The lowest BCUT2D eigenvalue weighted by Gasteiger charge is -2.04. The fourth-order valence-electron chi connectivity index (χ4n) is 0.861. The maximum absolute atomic E-state index is 10.3. The summed E-state index contributed by atoms with van der Waals surface area (Å²) in [5.41, 5.74) is 10.2. The number of hydrogen-bond acceptors (Lipinski definition) is 6. The van der Waals surface area contributed by atoms with Gasteiger partial charge in [0.1, 0.15) is 18.2 Å². The van der Waals surface area contributed by atoms with Gasteiger partial charge in [-0.15, -0.1) is 10.2 Å². The summed E-state index contributed by atoms with van der Waals surface area (Å²) < 4.78 is 4.93. The SMILES string of the molecule is NC(=O)COCCNc1ccc(N)nn1. The molecule has 0 fully saturated rings. The van der Waals surface area contributed by atoms with Crippen LogP contribution in [0.15, 0.2) is 12.1 Å². The molecule has 0 radical (unpaired) electrons. The Balaban J connectivity index is 2.15. The van der Waals surface area contributed by atoms with Gasteiger partial charge in [-0.25, -0.2) is 0 Å². The molecule has 7 heteroatoms. The van der Waals surface area contributed by atoms with Crippen molar-refractivity contribution in [2.45, 2.75) is 0 Å². The second-order valence-electron chi connectivity index (χ2n) is 2.79. The first-order valence-electron chi connectivity index (χ1n) is 4.37. The summed E-state index contributed by atoms with van der Waals surface area (Å²) in [5.74, 6) is 0.486. The zero-order valence-corrected chi connectivity index (χ0v) is 8.14. The van der Waals surface area contributed by atoms with E-state index in [9.17, 15) is 4.79 Å². The molecule has 0 bridgehead atoms. The molecule has 1 aromatic heterocycles. The minimum absolute atomic E-state index is 0.0743. The van der Waals surface area contributed by atoms with Crippen LogP contribution in [-0.2, 0) is 9.53 Å². The Kier molecular flexibility index (Phi) is 4.30. The van der Waals surface area contributed by atoms with Gasteiger partial charge >= 0.3 is 0 Å². The summed E-state index contributed by atoms with van der Waals surface area (Å²) >= 11 is 0. The predicted octanol–water partition coefficient (Wildman–Crippen LogP) is -1.03. The molecule has 0 spiro atoms. The van der Waals surface area contributed by atoms with Crippen LogP contribution in [0.25, 0.3) is 0 Å². The van der Waals surface area contributed by atoms with Crippen molar-refractivity contribution in [3.05, 3.63) is 12.1 Å². The molecular weight excluding hydrogens is 198 g/mol. The Bertz CT molecular complexity index is 313. The molecule has 1 amide bonds. The quantitative estimate of drug-likeness (QED) is 0.518. The number of primary amides is 1. The molecular formula is C8H13N5O2. The molecule has 15 heavy (non-hydrogen) atoms. The van der Waals surface area contributed by atoms with Crippen LogP contribution in [0.5, 0.6) is 0 Å². The average Bonchev–Trinajstić information content (AvgIpc) is 2.20. The standard InChI is InChI=1S/C8H13N5O2/c9-6-1-2-8(13-12-6)11-3-4-15-5-7(10)14/h1-2H,3-5H2,(H2,9,12)(H2,10,14)(H,11,13). The Hall–Kier alpha value is -1.89. The summed E-state index contributed by atoms with van der Waals surface area (Å²) in [6.45, 7) is 0.815. The van der Waals surface area contributed by atoms with E-state index in [0.29, 0.717) is 24.8 Å². The molecule has 7 nitrogen and oxygen atoms in total. The van der Waals surface area contributed by atoms with Crippen molar-refractivity contribution < 1.29 is 9.53 Å². The van der Waals surface area contributed by atoms with Crippen LogP contribution in [0.2, 0.25) is 0 Å². The van der Waals surface area contributed by atoms with Crippen LogP contribution in [0.3, 0.4) is 0 Å². The summed E-state index contributed by atoms with van der Waals surface area (Å²) in [6.07, 6.45) is 0. The number of aromatic nitrogens is 2. The second-order valence-corrected chi connectivity index (χ2v) is 2.79. The molecule has 0 unspecified atom stereocenters. The zero-order chi connectivity index (χ0) is 11.1. The minimum Gasteiger partial charge on any atom is -0.382 e. The molecule has 0 aromatic carbocycles. The third-order valence-corrected chi connectivity index (χ3v) is 1.48. The lowest BCUT2D eigenvalue weighted by atomic mass is 10.5. The van der Waals surface area contributed by atoms with Crippen molar-refractivity contribution >= 4 is 17.5 Å². The van der Waals surface area contributed by atoms with E-state index in [-0.39, 0.29) is 6.61 Å².